The van der Waals surface area contributed by atoms with Crippen LogP contribution in [0.15, 0.2) is 24.5 Å². The summed E-state index contributed by atoms with van der Waals surface area (Å²) in [6, 6.07) is 4.71. The molecule has 13 heavy (non-hydrogen) atoms. The van der Waals surface area contributed by atoms with Crippen LogP contribution in [0.25, 0.3) is 0 Å². The molecule has 0 saturated carbocycles. The van der Waals surface area contributed by atoms with Gasteiger partial charge in [0, 0.05) is 23.7 Å². The summed E-state index contributed by atoms with van der Waals surface area (Å²) in [5, 5.41) is 4.66. The molecule has 0 aromatic carbocycles. The van der Waals surface area contributed by atoms with Gasteiger partial charge in [-0.1, -0.05) is 13.0 Å². The molecule has 1 fully saturated rings. The van der Waals surface area contributed by atoms with Crippen LogP contribution in [-0.4, -0.2) is 16.3 Å². The molecule has 0 aliphatic carbocycles. The van der Waals surface area contributed by atoms with E-state index in [0.717, 1.165) is 0 Å². The molecule has 1 aromatic rings. The van der Waals surface area contributed by atoms with Crippen LogP contribution >= 0.6 is 11.8 Å². The highest BCUT2D eigenvalue weighted by atomic mass is 32.2. The Balaban J connectivity index is 2.12. The zero-order valence-electron chi connectivity index (χ0n) is 7.90. The average Bonchev–Trinajstić information content (AvgIpc) is 2.49. The van der Waals surface area contributed by atoms with Crippen LogP contribution in [0.2, 0.25) is 0 Å². The Morgan fingerprint density at radius 3 is 2.85 bits per heavy atom. The lowest BCUT2D eigenvalue weighted by molar-refractivity contribution is 0.574. The van der Waals surface area contributed by atoms with Crippen molar-refractivity contribution in [3.05, 3.63) is 30.1 Å². The summed E-state index contributed by atoms with van der Waals surface area (Å²) < 4.78 is 0. The normalized spacial score (nSPS) is 33.5. The number of nitrogens with one attached hydrogen (secondary N) is 1. The van der Waals surface area contributed by atoms with Crippen LogP contribution in [0.5, 0.6) is 0 Å². The summed E-state index contributed by atoms with van der Waals surface area (Å²) >= 11 is 1.98. The number of hydrogen-bond donors (Lipinski definition) is 1. The van der Waals surface area contributed by atoms with Gasteiger partial charge in [-0.25, -0.2) is 0 Å². The van der Waals surface area contributed by atoms with Crippen LogP contribution in [0.1, 0.15) is 24.8 Å². The fourth-order valence-corrected chi connectivity index (χ4v) is 2.79. The lowest BCUT2D eigenvalue weighted by atomic mass is 10.2. The van der Waals surface area contributed by atoms with Gasteiger partial charge in [-0.05, 0) is 18.6 Å². The quantitative estimate of drug-likeness (QED) is 0.742. The van der Waals surface area contributed by atoms with E-state index >= 15 is 0 Å². The first kappa shape index (κ1) is 9.03. The predicted octanol–water partition coefficient (Wildman–Crippen LogP) is 2.19. The van der Waals surface area contributed by atoms with Crippen LogP contribution in [0, 0.1) is 0 Å². The Kier molecular flexibility index (Phi) is 2.56. The van der Waals surface area contributed by atoms with Gasteiger partial charge in [0.1, 0.15) is 0 Å². The number of nitrogens with zero attached hydrogens (tertiary/aromatic N) is 1. The third-order valence-corrected chi connectivity index (χ3v) is 3.97. The van der Waals surface area contributed by atoms with Gasteiger partial charge in [-0.15, -0.1) is 11.8 Å². The molecule has 2 nitrogen and oxygen atoms in total. The minimum atomic E-state index is 0.429. The minimum Gasteiger partial charge on any atom is -0.298 e. The molecule has 1 N–H and O–H groups in total. The topological polar surface area (TPSA) is 24.9 Å². The summed E-state index contributed by atoms with van der Waals surface area (Å²) in [7, 11) is 0. The smallest absolute Gasteiger partial charge is 0.0809 e. The minimum absolute atomic E-state index is 0.429. The van der Waals surface area contributed by atoms with Crippen molar-refractivity contribution >= 4 is 11.8 Å². The highest BCUT2D eigenvalue weighted by Crippen LogP contribution is 2.37. The van der Waals surface area contributed by atoms with E-state index in [9.17, 15) is 0 Å². The summed E-state index contributed by atoms with van der Waals surface area (Å²) in [4.78, 5) is 4.13. The molecular formula is C10H14N2S. The van der Waals surface area contributed by atoms with Crippen molar-refractivity contribution in [1.29, 1.82) is 0 Å². The maximum atomic E-state index is 4.13. The van der Waals surface area contributed by atoms with Crippen molar-refractivity contribution in [2.45, 2.75) is 30.5 Å². The standard InChI is InChI=1S/C10H14N2S/c1-7-8(2)13-10(12-7)9-4-3-5-11-6-9/h3-8,10,12H,1-2H3. The van der Waals surface area contributed by atoms with Gasteiger partial charge in [0.15, 0.2) is 0 Å². The molecular weight excluding hydrogens is 180 g/mol. The summed E-state index contributed by atoms with van der Waals surface area (Å²) in [6.45, 7) is 4.49. The lowest BCUT2D eigenvalue weighted by Gasteiger charge is -2.09. The van der Waals surface area contributed by atoms with E-state index in [1.54, 1.807) is 0 Å². The maximum absolute atomic E-state index is 4.13. The Morgan fingerprint density at radius 2 is 2.31 bits per heavy atom. The van der Waals surface area contributed by atoms with E-state index in [4.69, 9.17) is 0 Å². The van der Waals surface area contributed by atoms with Crippen molar-refractivity contribution in [2.75, 3.05) is 0 Å². The third kappa shape index (κ3) is 1.86. The van der Waals surface area contributed by atoms with Gasteiger partial charge < -0.3 is 0 Å². The van der Waals surface area contributed by atoms with Crippen molar-refractivity contribution in [3.8, 4) is 0 Å². The molecule has 3 heteroatoms. The third-order valence-electron chi connectivity index (χ3n) is 2.46. The highest BCUT2D eigenvalue weighted by molar-refractivity contribution is 8.00. The molecule has 3 unspecified atom stereocenters. The van der Waals surface area contributed by atoms with Gasteiger partial charge in [-0.2, -0.15) is 0 Å². The van der Waals surface area contributed by atoms with E-state index in [2.05, 4.69) is 30.2 Å². The van der Waals surface area contributed by atoms with E-state index < -0.39 is 0 Å². The van der Waals surface area contributed by atoms with Crippen molar-refractivity contribution in [2.24, 2.45) is 0 Å². The Labute approximate surface area is 83.1 Å². The Bertz CT molecular complexity index is 266. The monoisotopic (exact) mass is 194 g/mol. The molecule has 0 radical (unpaired) electrons. The fourth-order valence-electron chi connectivity index (χ4n) is 1.45. The summed E-state index contributed by atoms with van der Waals surface area (Å²) in [6.07, 6.45) is 3.76. The molecule has 1 aliphatic rings. The molecule has 0 spiro atoms. The molecule has 1 aliphatic heterocycles. The second-order valence-electron chi connectivity index (χ2n) is 3.46. The Hall–Kier alpha value is -0.540. The number of aromatic nitrogens is 1. The van der Waals surface area contributed by atoms with E-state index in [0.29, 0.717) is 16.7 Å². The molecule has 0 bridgehead atoms. The average molecular weight is 194 g/mol. The SMILES string of the molecule is CC1NC(c2cccnc2)SC1C. The fraction of sp³-hybridized carbons (Fsp3) is 0.500. The molecule has 3 atom stereocenters. The predicted molar refractivity (Wildman–Crippen MR) is 56.6 cm³/mol. The van der Waals surface area contributed by atoms with Crippen LogP contribution in [0.3, 0.4) is 0 Å². The van der Waals surface area contributed by atoms with Crippen molar-refractivity contribution < 1.29 is 0 Å². The largest absolute Gasteiger partial charge is 0.298 e. The number of rotatable bonds is 1. The summed E-state index contributed by atoms with van der Waals surface area (Å²) in [5.74, 6) is 0. The first-order chi connectivity index (χ1) is 6.27. The van der Waals surface area contributed by atoms with E-state index in [1.165, 1.54) is 5.56 Å². The number of hydrogen-bond acceptors (Lipinski definition) is 3. The second-order valence-corrected chi connectivity index (χ2v) is 4.95. The van der Waals surface area contributed by atoms with Gasteiger partial charge in [0.05, 0.1) is 5.37 Å². The maximum Gasteiger partial charge on any atom is 0.0809 e. The molecule has 70 valence electrons. The lowest BCUT2D eigenvalue weighted by Crippen LogP contribution is -2.25. The number of thioether (sulfide) groups is 1. The van der Waals surface area contributed by atoms with Gasteiger partial charge in [-0.3, -0.25) is 10.3 Å². The molecule has 1 aromatic heterocycles. The number of pyridine rings is 1. The van der Waals surface area contributed by atoms with Crippen molar-refractivity contribution in [3.63, 3.8) is 0 Å². The van der Waals surface area contributed by atoms with E-state index in [-0.39, 0.29) is 0 Å². The summed E-state index contributed by atoms with van der Waals surface area (Å²) in [5.41, 5.74) is 1.28. The molecule has 2 heterocycles. The van der Waals surface area contributed by atoms with Crippen LogP contribution < -0.4 is 5.32 Å². The van der Waals surface area contributed by atoms with Crippen LogP contribution in [-0.2, 0) is 0 Å². The van der Waals surface area contributed by atoms with Gasteiger partial charge in [0.2, 0.25) is 0 Å². The molecule has 2 rings (SSSR count). The van der Waals surface area contributed by atoms with Crippen molar-refractivity contribution in [1.82, 2.24) is 10.3 Å². The zero-order valence-corrected chi connectivity index (χ0v) is 8.71. The zero-order chi connectivity index (χ0) is 9.26. The Morgan fingerprint density at radius 1 is 1.46 bits per heavy atom. The van der Waals surface area contributed by atoms with Gasteiger partial charge >= 0.3 is 0 Å². The highest BCUT2D eigenvalue weighted by Gasteiger charge is 2.28. The van der Waals surface area contributed by atoms with Crippen LogP contribution in [0.4, 0.5) is 0 Å². The van der Waals surface area contributed by atoms with Gasteiger partial charge in [0.25, 0.3) is 0 Å². The molecule has 1 saturated heterocycles. The van der Waals surface area contributed by atoms with E-state index in [1.807, 2.05) is 30.2 Å². The molecule has 0 amide bonds. The second kappa shape index (κ2) is 3.68. The first-order valence-corrected chi connectivity index (χ1v) is 5.53. The first-order valence-electron chi connectivity index (χ1n) is 4.59.